The Balaban J connectivity index is 2.15. The lowest BCUT2D eigenvalue weighted by Gasteiger charge is -2.18. The van der Waals surface area contributed by atoms with Crippen molar-refractivity contribution in [1.29, 1.82) is 0 Å². The molecule has 2 unspecified atom stereocenters. The Morgan fingerprint density at radius 1 is 1.59 bits per heavy atom. The van der Waals surface area contributed by atoms with Crippen LogP contribution in [-0.4, -0.2) is 49.1 Å². The van der Waals surface area contributed by atoms with Gasteiger partial charge in [-0.05, 0) is 31.7 Å². The standard InChI is InChI=1S/C12H23BrN2O2/c1-10(3-6-13)4-7-15-8-5-11(9-15)14-12(16)17-2/h10-11H,3-9H2,1-2H3,(H,14,16). The molecule has 1 aliphatic rings. The van der Waals surface area contributed by atoms with Crippen molar-refractivity contribution in [2.24, 2.45) is 5.92 Å². The van der Waals surface area contributed by atoms with E-state index in [0.717, 1.165) is 37.3 Å². The van der Waals surface area contributed by atoms with Crippen LogP contribution in [0.25, 0.3) is 0 Å². The average Bonchev–Trinajstić information content (AvgIpc) is 2.74. The summed E-state index contributed by atoms with van der Waals surface area (Å²) in [5.74, 6) is 0.766. The van der Waals surface area contributed by atoms with E-state index in [2.05, 4.69) is 37.8 Å². The molecular formula is C12H23BrN2O2. The minimum absolute atomic E-state index is 0.258. The van der Waals surface area contributed by atoms with Gasteiger partial charge in [-0.3, -0.25) is 0 Å². The smallest absolute Gasteiger partial charge is 0.407 e. The van der Waals surface area contributed by atoms with Crippen LogP contribution in [0.15, 0.2) is 0 Å². The zero-order valence-electron chi connectivity index (χ0n) is 10.7. The highest BCUT2D eigenvalue weighted by Crippen LogP contribution is 2.14. The maximum absolute atomic E-state index is 11.1. The number of halogens is 1. The van der Waals surface area contributed by atoms with E-state index in [0.29, 0.717) is 0 Å². The van der Waals surface area contributed by atoms with Gasteiger partial charge in [-0.15, -0.1) is 0 Å². The summed E-state index contributed by atoms with van der Waals surface area (Å²) >= 11 is 3.47. The minimum Gasteiger partial charge on any atom is -0.453 e. The fourth-order valence-electron chi connectivity index (χ4n) is 2.11. The van der Waals surface area contributed by atoms with Crippen LogP contribution in [-0.2, 0) is 4.74 Å². The fraction of sp³-hybridized carbons (Fsp3) is 0.917. The number of ether oxygens (including phenoxy) is 1. The Bertz CT molecular complexity index is 239. The number of alkyl halides is 1. The molecule has 1 N–H and O–H groups in total. The fourth-order valence-corrected chi connectivity index (χ4v) is 2.89. The third-order valence-corrected chi connectivity index (χ3v) is 3.78. The van der Waals surface area contributed by atoms with Crippen molar-refractivity contribution in [3.8, 4) is 0 Å². The van der Waals surface area contributed by atoms with Gasteiger partial charge >= 0.3 is 6.09 Å². The summed E-state index contributed by atoms with van der Waals surface area (Å²) in [5, 5.41) is 3.94. The van der Waals surface area contributed by atoms with E-state index in [1.807, 2.05) is 0 Å². The Kier molecular flexibility index (Phi) is 6.89. The highest BCUT2D eigenvalue weighted by Gasteiger charge is 2.23. The van der Waals surface area contributed by atoms with Gasteiger partial charge in [-0.1, -0.05) is 22.9 Å². The normalized spacial score (nSPS) is 22.4. The third kappa shape index (κ3) is 5.73. The maximum atomic E-state index is 11.1. The number of carbonyl (C=O) groups excluding carboxylic acids is 1. The number of rotatable bonds is 6. The number of hydrogen-bond acceptors (Lipinski definition) is 3. The zero-order chi connectivity index (χ0) is 12.7. The van der Waals surface area contributed by atoms with Crippen molar-refractivity contribution in [3.63, 3.8) is 0 Å². The molecule has 1 fully saturated rings. The predicted molar refractivity (Wildman–Crippen MR) is 72.6 cm³/mol. The van der Waals surface area contributed by atoms with Crippen molar-refractivity contribution in [2.75, 3.05) is 32.1 Å². The molecule has 1 saturated heterocycles. The van der Waals surface area contributed by atoms with Gasteiger partial charge in [0.25, 0.3) is 0 Å². The average molecular weight is 307 g/mol. The highest BCUT2D eigenvalue weighted by molar-refractivity contribution is 9.09. The lowest BCUT2D eigenvalue weighted by atomic mass is 10.1. The van der Waals surface area contributed by atoms with Gasteiger partial charge in [0, 0.05) is 24.5 Å². The van der Waals surface area contributed by atoms with Crippen LogP contribution in [0.2, 0.25) is 0 Å². The number of methoxy groups -OCH3 is 1. The number of alkyl carbamates (subject to hydrolysis) is 1. The number of nitrogens with zero attached hydrogens (tertiary/aromatic N) is 1. The summed E-state index contributed by atoms with van der Waals surface area (Å²) in [4.78, 5) is 13.5. The van der Waals surface area contributed by atoms with Crippen LogP contribution >= 0.6 is 15.9 Å². The van der Waals surface area contributed by atoms with E-state index >= 15 is 0 Å². The molecule has 1 rings (SSSR count). The van der Waals surface area contributed by atoms with Crippen LogP contribution in [0.3, 0.4) is 0 Å². The van der Waals surface area contributed by atoms with Crippen LogP contribution in [0.1, 0.15) is 26.2 Å². The van der Waals surface area contributed by atoms with Gasteiger partial charge in [0.05, 0.1) is 7.11 Å². The molecule has 0 spiro atoms. The molecule has 4 nitrogen and oxygen atoms in total. The van der Waals surface area contributed by atoms with Gasteiger partial charge in [-0.2, -0.15) is 0 Å². The van der Waals surface area contributed by atoms with E-state index in [1.54, 1.807) is 0 Å². The number of likely N-dealkylation sites (tertiary alicyclic amines) is 1. The van der Waals surface area contributed by atoms with Crippen molar-refractivity contribution < 1.29 is 9.53 Å². The number of amides is 1. The summed E-state index contributed by atoms with van der Waals surface area (Å²) in [6.07, 6.45) is 3.18. The van der Waals surface area contributed by atoms with Crippen molar-refractivity contribution in [2.45, 2.75) is 32.2 Å². The summed E-state index contributed by atoms with van der Waals surface area (Å²) in [6, 6.07) is 0.258. The second-order valence-corrected chi connectivity index (χ2v) is 5.59. The van der Waals surface area contributed by atoms with Crippen LogP contribution in [0.5, 0.6) is 0 Å². The summed E-state index contributed by atoms with van der Waals surface area (Å²) < 4.78 is 4.60. The summed E-state index contributed by atoms with van der Waals surface area (Å²) in [6.45, 7) is 5.46. The van der Waals surface area contributed by atoms with E-state index in [4.69, 9.17) is 0 Å². The molecule has 0 bridgehead atoms. The van der Waals surface area contributed by atoms with Crippen LogP contribution < -0.4 is 5.32 Å². The summed E-state index contributed by atoms with van der Waals surface area (Å²) in [7, 11) is 1.41. The Morgan fingerprint density at radius 3 is 3.00 bits per heavy atom. The van der Waals surface area contributed by atoms with Crippen molar-refractivity contribution in [3.05, 3.63) is 0 Å². The number of hydrogen-bond donors (Lipinski definition) is 1. The molecule has 0 aromatic heterocycles. The molecule has 1 aliphatic heterocycles. The highest BCUT2D eigenvalue weighted by atomic mass is 79.9. The first-order valence-corrected chi connectivity index (χ1v) is 7.40. The molecule has 0 saturated carbocycles. The lowest BCUT2D eigenvalue weighted by Crippen LogP contribution is -2.37. The van der Waals surface area contributed by atoms with E-state index in [-0.39, 0.29) is 12.1 Å². The van der Waals surface area contributed by atoms with Gasteiger partial charge < -0.3 is 15.0 Å². The molecule has 5 heteroatoms. The van der Waals surface area contributed by atoms with Gasteiger partial charge in [-0.25, -0.2) is 4.79 Å². The molecule has 0 aliphatic carbocycles. The minimum atomic E-state index is -0.315. The first-order chi connectivity index (χ1) is 8.15. The second kappa shape index (κ2) is 7.93. The molecular weight excluding hydrogens is 284 g/mol. The third-order valence-electron chi connectivity index (χ3n) is 3.32. The largest absolute Gasteiger partial charge is 0.453 e. The molecule has 17 heavy (non-hydrogen) atoms. The Hall–Kier alpha value is -0.290. The monoisotopic (exact) mass is 306 g/mol. The zero-order valence-corrected chi connectivity index (χ0v) is 12.3. The molecule has 2 atom stereocenters. The molecule has 0 radical (unpaired) electrons. The molecule has 100 valence electrons. The van der Waals surface area contributed by atoms with E-state index in [1.165, 1.54) is 20.0 Å². The lowest BCUT2D eigenvalue weighted by molar-refractivity contribution is 0.166. The SMILES string of the molecule is COC(=O)NC1CCN(CCC(C)CCBr)C1. The number of carbonyl (C=O) groups is 1. The number of nitrogens with one attached hydrogen (secondary N) is 1. The quantitative estimate of drug-likeness (QED) is 0.765. The molecule has 1 heterocycles. The first kappa shape index (κ1) is 14.8. The molecule has 0 aromatic carbocycles. The van der Waals surface area contributed by atoms with Crippen molar-refractivity contribution >= 4 is 22.0 Å². The van der Waals surface area contributed by atoms with E-state index < -0.39 is 0 Å². The van der Waals surface area contributed by atoms with Crippen LogP contribution in [0.4, 0.5) is 4.79 Å². The van der Waals surface area contributed by atoms with Gasteiger partial charge in [0.15, 0.2) is 0 Å². The Labute approximate surface area is 112 Å². The molecule has 0 aromatic rings. The van der Waals surface area contributed by atoms with Crippen molar-refractivity contribution in [1.82, 2.24) is 10.2 Å². The second-order valence-electron chi connectivity index (χ2n) is 4.79. The Morgan fingerprint density at radius 2 is 2.35 bits per heavy atom. The van der Waals surface area contributed by atoms with E-state index in [9.17, 15) is 4.79 Å². The topological polar surface area (TPSA) is 41.6 Å². The maximum Gasteiger partial charge on any atom is 0.407 e. The first-order valence-electron chi connectivity index (χ1n) is 6.28. The predicted octanol–water partition coefficient (Wildman–Crippen LogP) is 2.23. The van der Waals surface area contributed by atoms with Gasteiger partial charge in [0.2, 0.25) is 0 Å². The van der Waals surface area contributed by atoms with Gasteiger partial charge in [0.1, 0.15) is 0 Å². The summed E-state index contributed by atoms with van der Waals surface area (Å²) in [5.41, 5.74) is 0. The van der Waals surface area contributed by atoms with Crippen LogP contribution in [0, 0.1) is 5.92 Å². The molecule has 1 amide bonds.